The molecule has 34 heavy (non-hydrogen) atoms. The highest BCUT2D eigenvalue weighted by Crippen LogP contribution is 2.43. The fourth-order valence-electron chi connectivity index (χ4n) is 3.85. The Balaban J connectivity index is 1.78. The van der Waals surface area contributed by atoms with Crippen molar-refractivity contribution in [3.63, 3.8) is 0 Å². The Labute approximate surface area is 197 Å². The average molecular weight is 478 g/mol. The molecule has 0 amide bonds. The van der Waals surface area contributed by atoms with Gasteiger partial charge in [0.05, 0.1) is 33.9 Å². The molecule has 1 fully saturated rings. The van der Waals surface area contributed by atoms with Crippen LogP contribution in [0.2, 0.25) is 5.02 Å². The smallest absolute Gasteiger partial charge is 0.267 e. The fourth-order valence-corrected chi connectivity index (χ4v) is 4.09. The lowest BCUT2D eigenvalue weighted by atomic mass is 10.1. The third kappa shape index (κ3) is 3.64. The Morgan fingerprint density at radius 1 is 1.24 bits per heavy atom. The van der Waals surface area contributed by atoms with Crippen LogP contribution in [0.15, 0.2) is 41.5 Å². The van der Waals surface area contributed by atoms with Gasteiger partial charge in [-0.15, -0.1) is 0 Å². The van der Waals surface area contributed by atoms with Gasteiger partial charge in [-0.3, -0.25) is 14.3 Å². The highest BCUT2D eigenvalue weighted by molar-refractivity contribution is 6.35. The van der Waals surface area contributed by atoms with Gasteiger partial charge in [0.15, 0.2) is 5.82 Å². The Kier molecular flexibility index (Phi) is 5.22. The summed E-state index contributed by atoms with van der Waals surface area (Å²) in [6, 6.07) is 7.35. The zero-order valence-electron chi connectivity index (χ0n) is 17.5. The molecule has 170 valence electrons. The quantitative estimate of drug-likeness (QED) is 0.392. The number of anilines is 3. The summed E-state index contributed by atoms with van der Waals surface area (Å²) in [5.41, 5.74) is 11.8. The largest absolute Gasteiger partial charge is 0.382 e. The number of nitrogens with two attached hydrogens (primary N) is 2. The molecule has 1 atom stereocenters. The molecule has 1 saturated carbocycles. The molecule has 12 heteroatoms. The molecule has 5 rings (SSSR count). The third-order valence-corrected chi connectivity index (χ3v) is 5.96. The summed E-state index contributed by atoms with van der Waals surface area (Å²) < 4.78 is 15.5. The summed E-state index contributed by atoms with van der Waals surface area (Å²) in [4.78, 5) is 30.4. The number of halogens is 2. The Hall–Kier alpha value is -4.30. The minimum atomic E-state index is -0.721. The predicted molar refractivity (Wildman–Crippen MR) is 125 cm³/mol. The third-order valence-electron chi connectivity index (χ3n) is 5.59. The van der Waals surface area contributed by atoms with Crippen LogP contribution in [0, 0.1) is 23.1 Å². The number of nitrogens with zero attached hydrogens (tertiary/aromatic N) is 6. The molecule has 1 aliphatic rings. The molecule has 0 spiro atoms. The highest BCUT2D eigenvalue weighted by atomic mass is 35.5. The Morgan fingerprint density at radius 3 is 2.71 bits per heavy atom. The van der Waals surface area contributed by atoms with E-state index in [1.807, 2.05) is 6.07 Å². The van der Waals surface area contributed by atoms with Crippen LogP contribution >= 0.6 is 11.6 Å². The zero-order chi connectivity index (χ0) is 24.0. The van der Waals surface area contributed by atoms with E-state index in [2.05, 4.69) is 20.3 Å². The first-order valence-electron chi connectivity index (χ1n) is 10.3. The number of pyridine rings is 1. The minimum absolute atomic E-state index is 0.0287. The monoisotopic (exact) mass is 477 g/mol. The number of rotatable bonds is 5. The number of hydrogen-bond acceptors (Lipinski definition) is 9. The van der Waals surface area contributed by atoms with Gasteiger partial charge < -0.3 is 16.8 Å². The SMILES string of the molecule is N#Cc1c(N)nc(N)nc1NC(c1nc2ccc(F)c(Cl)c2c(=O)n1-c1cccnc1)C1CC1. The van der Waals surface area contributed by atoms with Crippen molar-refractivity contribution in [3.8, 4) is 11.8 Å². The van der Waals surface area contributed by atoms with Crippen LogP contribution in [-0.4, -0.2) is 24.5 Å². The van der Waals surface area contributed by atoms with Gasteiger partial charge in [-0.1, -0.05) is 11.6 Å². The van der Waals surface area contributed by atoms with Crippen molar-refractivity contribution >= 4 is 40.1 Å². The van der Waals surface area contributed by atoms with Gasteiger partial charge in [-0.25, -0.2) is 9.37 Å². The van der Waals surface area contributed by atoms with Crippen molar-refractivity contribution in [1.29, 1.82) is 5.26 Å². The van der Waals surface area contributed by atoms with Crippen molar-refractivity contribution in [2.45, 2.75) is 18.9 Å². The molecule has 0 radical (unpaired) electrons. The van der Waals surface area contributed by atoms with Crippen molar-refractivity contribution in [2.24, 2.45) is 5.92 Å². The molecular formula is C22H17ClFN9O. The van der Waals surface area contributed by atoms with Crippen LogP contribution in [-0.2, 0) is 0 Å². The van der Waals surface area contributed by atoms with E-state index in [0.717, 1.165) is 18.9 Å². The lowest BCUT2D eigenvalue weighted by molar-refractivity contribution is 0.607. The molecule has 0 aliphatic heterocycles. The number of benzene rings is 1. The molecule has 0 saturated heterocycles. The summed E-state index contributed by atoms with van der Waals surface area (Å²) in [5, 5.41) is 12.4. The normalized spacial score (nSPS) is 14.0. The summed E-state index contributed by atoms with van der Waals surface area (Å²) >= 11 is 6.16. The van der Waals surface area contributed by atoms with Gasteiger partial charge in [-0.05, 0) is 43.0 Å². The maximum Gasteiger partial charge on any atom is 0.267 e. The van der Waals surface area contributed by atoms with E-state index in [-0.39, 0.29) is 45.0 Å². The van der Waals surface area contributed by atoms with E-state index in [9.17, 15) is 14.4 Å². The number of fused-ring (bicyclic) bond motifs is 1. The summed E-state index contributed by atoms with van der Waals surface area (Å²) in [5.74, 6) is -0.352. The second-order valence-electron chi connectivity index (χ2n) is 7.84. The molecule has 3 aromatic heterocycles. The van der Waals surface area contributed by atoms with Crippen LogP contribution in [0.3, 0.4) is 0 Å². The molecule has 1 aromatic carbocycles. The standard InChI is InChI=1S/C22H17ClFN9O/c23-16-13(24)5-6-14-15(16)21(34)33(11-2-1-7-28-9-11)20(29-14)17(10-3-4-10)30-19-12(8-25)18(26)31-22(27)32-19/h1-2,5-7,9-10,17H,3-4H2,(H5,26,27,30,31,32). The van der Waals surface area contributed by atoms with E-state index in [4.69, 9.17) is 28.1 Å². The van der Waals surface area contributed by atoms with Crippen molar-refractivity contribution < 1.29 is 4.39 Å². The van der Waals surface area contributed by atoms with E-state index in [1.54, 1.807) is 18.3 Å². The van der Waals surface area contributed by atoms with Gasteiger partial charge in [0.2, 0.25) is 5.95 Å². The van der Waals surface area contributed by atoms with Crippen LogP contribution in [0.1, 0.15) is 30.3 Å². The molecule has 0 bridgehead atoms. The first kappa shape index (κ1) is 21.5. The van der Waals surface area contributed by atoms with Gasteiger partial charge in [0.25, 0.3) is 5.56 Å². The molecular weight excluding hydrogens is 461 g/mol. The second kappa shape index (κ2) is 8.24. The number of nitrogens with one attached hydrogen (secondary N) is 1. The van der Waals surface area contributed by atoms with Crippen molar-refractivity contribution in [2.75, 3.05) is 16.8 Å². The van der Waals surface area contributed by atoms with Gasteiger partial charge >= 0.3 is 0 Å². The van der Waals surface area contributed by atoms with E-state index in [1.165, 1.54) is 16.8 Å². The summed E-state index contributed by atoms with van der Waals surface area (Å²) in [6.45, 7) is 0. The first-order chi connectivity index (χ1) is 16.4. The van der Waals surface area contributed by atoms with E-state index in [0.29, 0.717) is 11.5 Å². The van der Waals surface area contributed by atoms with Crippen LogP contribution < -0.4 is 22.3 Å². The molecule has 10 nitrogen and oxygen atoms in total. The Morgan fingerprint density at radius 2 is 2.03 bits per heavy atom. The molecule has 5 N–H and O–H groups in total. The first-order valence-corrected chi connectivity index (χ1v) is 10.7. The van der Waals surface area contributed by atoms with Gasteiger partial charge in [-0.2, -0.15) is 15.2 Å². The molecule has 3 heterocycles. The lowest BCUT2D eigenvalue weighted by Gasteiger charge is -2.23. The van der Waals surface area contributed by atoms with Crippen molar-refractivity contribution in [1.82, 2.24) is 24.5 Å². The average Bonchev–Trinajstić information content (AvgIpc) is 3.65. The number of aromatic nitrogens is 5. The second-order valence-corrected chi connectivity index (χ2v) is 8.22. The van der Waals surface area contributed by atoms with E-state index < -0.39 is 17.4 Å². The Bertz CT molecular complexity index is 1530. The van der Waals surface area contributed by atoms with Crippen LogP contribution in [0.5, 0.6) is 0 Å². The van der Waals surface area contributed by atoms with E-state index >= 15 is 0 Å². The highest BCUT2D eigenvalue weighted by Gasteiger charge is 2.37. The molecule has 1 aliphatic carbocycles. The van der Waals surface area contributed by atoms with Crippen LogP contribution in [0.25, 0.3) is 16.6 Å². The molecule has 1 unspecified atom stereocenters. The fraction of sp³-hybridized carbons (Fsp3) is 0.182. The zero-order valence-corrected chi connectivity index (χ0v) is 18.3. The van der Waals surface area contributed by atoms with Crippen molar-refractivity contribution in [3.05, 3.63) is 69.2 Å². The number of hydrogen-bond donors (Lipinski definition) is 3. The van der Waals surface area contributed by atoms with Gasteiger partial charge in [0.1, 0.15) is 29.1 Å². The molecule has 4 aromatic rings. The topological polar surface area (TPSA) is 161 Å². The predicted octanol–water partition coefficient (Wildman–Crippen LogP) is 2.96. The maximum atomic E-state index is 14.2. The number of nitriles is 1. The lowest BCUT2D eigenvalue weighted by Crippen LogP contribution is -2.30. The number of nitrogen functional groups attached to an aromatic ring is 2. The summed E-state index contributed by atoms with van der Waals surface area (Å²) in [7, 11) is 0. The minimum Gasteiger partial charge on any atom is -0.382 e. The van der Waals surface area contributed by atoms with Gasteiger partial charge in [0, 0.05) is 6.20 Å². The van der Waals surface area contributed by atoms with Crippen LogP contribution in [0.4, 0.5) is 22.0 Å². The summed E-state index contributed by atoms with van der Waals surface area (Å²) in [6.07, 6.45) is 4.76. The maximum absolute atomic E-state index is 14.2.